The first-order valence-corrected chi connectivity index (χ1v) is 7.73. The summed E-state index contributed by atoms with van der Waals surface area (Å²) in [6.07, 6.45) is 0. The van der Waals surface area contributed by atoms with Crippen LogP contribution in [0.3, 0.4) is 0 Å². The lowest BCUT2D eigenvalue weighted by Crippen LogP contribution is -2.21. The summed E-state index contributed by atoms with van der Waals surface area (Å²) in [5, 5.41) is 1.69. The molecule has 110 valence electrons. The van der Waals surface area contributed by atoms with Gasteiger partial charge in [0.2, 0.25) is 0 Å². The summed E-state index contributed by atoms with van der Waals surface area (Å²) in [5.74, 6) is 1.64. The highest BCUT2D eigenvalue weighted by molar-refractivity contribution is 7.99. The van der Waals surface area contributed by atoms with Gasteiger partial charge in [0.25, 0.3) is 5.56 Å². The number of aryl methyl sites for hydroxylation is 1. The summed E-state index contributed by atoms with van der Waals surface area (Å²) < 4.78 is 8.81. The topological polar surface area (TPSA) is 49.1 Å². The van der Waals surface area contributed by atoms with Crippen molar-refractivity contribution in [2.75, 3.05) is 12.9 Å². The highest BCUT2D eigenvalue weighted by Gasteiger charge is 2.16. The number of methoxy groups -OCH3 is 1. The van der Waals surface area contributed by atoms with Gasteiger partial charge in [-0.25, -0.2) is 4.98 Å². The van der Waals surface area contributed by atoms with E-state index in [4.69, 9.17) is 9.72 Å². The highest BCUT2D eigenvalue weighted by Crippen LogP contribution is 2.29. The van der Waals surface area contributed by atoms with Gasteiger partial charge >= 0.3 is 0 Å². The third kappa shape index (κ3) is 2.01. The average molecular weight is 303 g/mol. The molecule has 0 spiro atoms. The van der Waals surface area contributed by atoms with Crippen LogP contribution in [0.4, 0.5) is 0 Å². The highest BCUT2D eigenvalue weighted by atomic mass is 32.2. The first-order valence-electron chi connectivity index (χ1n) is 6.74. The number of thioether (sulfide) groups is 1. The minimum absolute atomic E-state index is 0.0198. The van der Waals surface area contributed by atoms with Crippen LogP contribution in [-0.4, -0.2) is 27.0 Å². The molecule has 3 aromatic rings. The lowest BCUT2D eigenvalue weighted by atomic mass is 10.2. The fraction of sp³-hybridized carbons (Fsp3) is 0.333. The van der Waals surface area contributed by atoms with Crippen LogP contribution in [0.5, 0.6) is 5.75 Å². The van der Waals surface area contributed by atoms with Gasteiger partial charge in [-0.3, -0.25) is 9.36 Å². The fourth-order valence-electron chi connectivity index (χ4n) is 2.56. The second-order valence-electron chi connectivity index (χ2n) is 4.83. The van der Waals surface area contributed by atoms with E-state index in [1.54, 1.807) is 30.5 Å². The minimum Gasteiger partial charge on any atom is -0.497 e. The summed E-state index contributed by atoms with van der Waals surface area (Å²) >= 11 is 1.57. The summed E-state index contributed by atoms with van der Waals surface area (Å²) in [5.41, 5.74) is 2.33. The first kappa shape index (κ1) is 14.0. The summed E-state index contributed by atoms with van der Waals surface area (Å²) in [6.45, 7) is 2.05. The van der Waals surface area contributed by atoms with E-state index >= 15 is 0 Å². The maximum atomic E-state index is 12.6. The Kier molecular flexibility index (Phi) is 3.41. The molecule has 0 saturated carbocycles. The molecule has 2 heterocycles. The van der Waals surface area contributed by atoms with E-state index in [0.717, 1.165) is 33.1 Å². The van der Waals surface area contributed by atoms with E-state index in [-0.39, 0.29) is 5.56 Å². The Morgan fingerprint density at radius 1 is 1.29 bits per heavy atom. The fourth-order valence-corrected chi connectivity index (χ4v) is 3.25. The number of hydrogen-bond donors (Lipinski definition) is 0. The number of rotatable bonds is 3. The predicted molar refractivity (Wildman–Crippen MR) is 86.4 cm³/mol. The molecule has 0 atom stereocenters. The molecule has 0 radical (unpaired) electrons. The second-order valence-corrected chi connectivity index (χ2v) is 6.06. The Labute approximate surface area is 126 Å². The van der Waals surface area contributed by atoms with Crippen molar-refractivity contribution in [2.24, 2.45) is 14.1 Å². The van der Waals surface area contributed by atoms with Gasteiger partial charge in [-0.15, -0.1) is 0 Å². The molecule has 21 heavy (non-hydrogen) atoms. The molecule has 0 unspecified atom stereocenters. The quantitative estimate of drug-likeness (QED) is 0.551. The molecule has 0 aliphatic carbocycles. The van der Waals surface area contributed by atoms with Crippen molar-refractivity contribution >= 4 is 33.7 Å². The van der Waals surface area contributed by atoms with Crippen molar-refractivity contribution in [1.82, 2.24) is 14.1 Å². The molecule has 0 amide bonds. The third-order valence-corrected chi connectivity index (χ3v) is 4.57. The number of ether oxygens (including phenoxy) is 1. The molecule has 0 saturated heterocycles. The Morgan fingerprint density at radius 3 is 2.71 bits per heavy atom. The number of fused-ring (bicyclic) bond motifs is 3. The van der Waals surface area contributed by atoms with Crippen LogP contribution in [0.1, 0.15) is 6.92 Å². The van der Waals surface area contributed by atoms with Gasteiger partial charge in [0, 0.05) is 19.5 Å². The standard InChI is InChI=1S/C15H17N3O2S/c1-5-21-15-16-12-10-8-9(20-4)6-7-11(10)17(2)13(12)14(19)18(15)3/h6-8H,5H2,1-4H3. The second kappa shape index (κ2) is 5.11. The lowest BCUT2D eigenvalue weighted by molar-refractivity contribution is 0.415. The van der Waals surface area contributed by atoms with Gasteiger partial charge in [-0.05, 0) is 24.0 Å². The van der Waals surface area contributed by atoms with Crippen molar-refractivity contribution in [3.05, 3.63) is 28.6 Å². The smallest absolute Gasteiger partial charge is 0.278 e. The van der Waals surface area contributed by atoms with Crippen LogP contribution in [0.25, 0.3) is 21.9 Å². The molecular weight excluding hydrogens is 286 g/mol. The Bertz CT molecular complexity index is 895. The molecule has 0 N–H and O–H groups in total. The predicted octanol–water partition coefficient (Wildman–Crippen LogP) is 2.55. The number of nitrogens with zero attached hydrogens (tertiary/aromatic N) is 3. The van der Waals surface area contributed by atoms with E-state index < -0.39 is 0 Å². The lowest BCUT2D eigenvalue weighted by Gasteiger charge is -2.06. The summed E-state index contributed by atoms with van der Waals surface area (Å²) in [4.78, 5) is 17.3. The van der Waals surface area contributed by atoms with E-state index in [1.807, 2.05) is 36.7 Å². The van der Waals surface area contributed by atoms with E-state index in [2.05, 4.69) is 0 Å². The van der Waals surface area contributed by atoms with Crippen LogP contribution < -0.4 is 10.3 Å². The molecule has 0 bridgehead atoms. The van der Waals surface area contributed by atoms with Crippen molar-refractivity contribution in [3.8, 4) is 5.75 Å². The third-order valence-electron chi connectivity index (χ3n) is 3.65. The molecule has 0 aliphatic heterocycles. The number of benzene rings is 1. The molecule has 3 rings (SSSR count). The molecule has 0 aliphatic rings. The van der Waals surface area contributed by atoms with Crippen LogP contribution in [0, 0.1) is 0 Å². The van der Waals surface area contributed by atoms with Gasteiger partial charge in [0.05, 0.1) is 12.6 Å². The maximum absolute atomic E-state index is 12.6. The van der Waals surface area contributed by atoms with Crippen LogP contribution in [-0.2, 0) is 14.1 Å². The zero-order valence-corrected chi connectivity index (χ0v) is 13.3. The number of hydrogen-bond acceptors (Lipinski definition) is 4. The average Bonchev–Trinajstić information content (AvgIpc) is 2.77. The Hall–Kier alpha value is -1.95. The van der Waals surface area contributed by atoms with Crippen molar-refractivity contribution in [2.45, 2.75) is 12.1 Å². The van der Waals surface area contributed by atoms with Gasteiger partial charge in [-0.1, -0.05) is 18.7 Å². The van der Waals surface area contributed by atoms with Crippen LogP contribution >= 0.6 is 11.8 Å². The van der Waals surface area contributed by atoms with Gasteiger partial charge in [0.15, 0.2) is 5.16 Å². The van der Waals surface area contributed by atoms with Gasteiger partial charge in [0.1, 0.15) is 16.8 Å². The van der Waals surface area contributed by atoms with Crippen molar-refractivity contribution in [3.63, 3.8) is 0 Å². The zero-order valence-electron chi connectivity index (χ0n) is 12.5. The van der Waals surface area contributed by atoms with Crippen LogP contribution in [0.15, 0.2) is 28.2 Å². The zero-order chi connectivity index (χ0) is 15.1. The SMILES string of the molecule is CCSc1nc2c3cc(OC)ccc3n(C)c2c(=O)n1C. The first-order chi connectivity index (χ1) is 10.1. The Balaban J connectivity index is 2.49. The van der Waals surface area contributed by atoms with Crippen LogP contribution in [0.2, 0.25) is 0 Å². The molecule has 6 heteroatoms. The summed E-state index contributed by atoms with van der Waals surface area (Å²) in [6, 6.07) is 5.79. The molecule has 1 aromatic carbocycles. The number of aromatic nitrogens is 3. The normalized spacial score (nSPS) is 11.4. The van der Waals surface area contributed by atoms with E-state index in [0.29, 0.717) is 5.52 Å². The largest absolute Gasteiger partial charge is 0.497 e. The van der Waals surface area contributed by atoms with Crippen molar-refractivity contribution < 1.29 is 4.74 Å². The van der Waals surface area contributed by atoms with Gasteiger partial charge < -0.3 is 9.30 Å². The Morgan fingerprint density at radius 2 is 2.05 bits per heavy atom. The minimum atomic E-state index is -0.0198. The molecular formula is C15H17N3O2S. The van der Waals surface area contributed by atoms with Gasteiger partial charge in [-0.2, -0.15) is 0 Å². The molecule has 5 nitrogen and oxygen atoms in total. The van der Waals surface area contributed by atoms with E-state index in [9.17, 15) is 4.79 Å². The molecule has 0 fully saturated rings. The molecule has 2 aromatic heterocycles. The van der Waals surface area contributed by atoms with E-state index in [1.165, 1.54) is 0 Å². The van der Waals surface area contributed by atoms with Crippen molar-refractivity contribution in [1.29, 1.82) is 0 Å². The monoisotopic (exact) mass is 303 g/mol. The maximum Gasteiger partial charge on any atom is 0.278 e. The summed E-state index contributed by atoms with van der Waals surface area (Å²) in [7, 11) is 5.30.